The van der Waals surface area contributed by atoms with Crippen LogP contribution in [-0.4, -0.2) is 98.2 Å². The Hall–Kier alpha value is -3.66. The molecule has 2 rings (SSSR count). The normalized spacial score (nSPS) is 20.0. The molecule has 4 amide bonds. The molecule has 14 nitrogen and oxygen atoms in total. The predicted molar refractivity (Wildman–Crippen MR) is 174 cm³/mol. The van der Waals surface area contributed by atoms with Gasteiger partial charge in [0.15, 0.2) is 15.9 Å². The van der Waals surface area contributed by atoms with Gasteiger partial charge in [-0.15, -0.1) is 4.48 Å². The second-order valence-corrected chi connectivity index (χ2v) is 14.4. The number of carbonyl (C=O) groups is 5. The maximum Gasteiger partial charge on any atom is 0.524 e. The van der Waals surface area contributed by atoms with Crippen LogP contribution in [0.25, 0.3) is 0 Å². The minimum Gasteiger partial charge on any atom is -0.467 e. The van der Waals surface area contributed by atoms with Gasteiger partial charge in [-0.2, -0.15) is 4.79 Å². The third-order valence-corrected chi connectivity index (χ3v) is 8.74. The number of allylic oxidation sites excluding steroid dienone is 1. The molecule has 1 aromatic rings. The largest absolute Gasteiger partial charge is 0.524 e. The maximum absolute atomic E-state index is 14.7. The summed E-state index contributed by atoms with van der Waals surface area (Å²) in [6.07, 6.45) is 2.34. The summed E-state index contributed by atoms with van der Waals surface area (Å²) in [5.74, 6) is -2.91. The number of quaternary nitrogens is 1. The molecule has 0 aromatic heterocycles. The quantitative estimate of drug-likeness (QED) is 0.158. The minimum atomic E-state index is -3.34. The molecule has 47 heavy (non-hydrogen) atoms. The van der Waals surface area contributed by atoms with Crippen LogP contribution < -0.4 is 17.2 Å². The molecule has 1 aliphatic heterocycles. The summed E-state index contributed by atoms with van der Waals surface area (Å²) < 4.78 is 32.7. The van der Waals surface area contributed by atoms with Gasteiger partial charge in [0.2, 0.25) is 5.91 Å². The standard InChI is InChI=1S/C32H49N5O9S/c1-22(2)19-26(31(41)45-3)36(20-24(33)13-8-9-18-47(4,43)44)29(39)27-14-10-17-37(27,30(40)25(34)15-16-28(35)38)32(42)46-21-23-11-6-5-7-12-23/h5-7,9,11-12,18,22,24-27H,8,10,13-17,19-21,33-34H2,1-4H3,(H-,35,38)/p+1/t24?,25-,26-,27-,37?/m0/s1. The van der Waals surface area contributed by atoms with Gasteiger partial charge in [-0.05, 0) is 37.2 Å². The Labute approximate surface area is 277 Å². The van der Waals surface area contributed by atoms with Crippen LogP contribution in [0.1, 0.15) is 64.4 Å². The summed E-state index contributed by atoms with van der Waals surface area (Å²) >= 11 is 0. The van der Waals surface area contributed by atoms with E-state index in [9.17, 15) is 32.4 Å². The van der Waals surface area contributed by atoms with Crippen LogP contribution in [0, 0.1) is 5.92 Å². The van der Waals surface area contributed by atoms with Gasteiger partial charge in [0.05, 0.1) is 13.7 Å². The first kappa shape index (κ1) is 39.5. The van der Waals surface area contributed by atoms with Gasteiger partial charge < -0.3 is 31.6 Å². The van der Waals surface area contributed by atoms with Crippen molar-refractivity contribution in [1.82, 2.24) is 4.90 Å². The maximum atomic E-state index is 14.7. The molecule has 1 heterocycles. The van der Waals surface area contributed by atoms with Gasteiger partial charge in [0.25, 0.3) is 5.91 Å². The number of ether oxygens (including phenoxy) is 2. The molecule has 15 heteroatoms. The molecule has 2 unspecified atom stereocenters. The third kappa shape index (κ3) is 11.5. The number of sulfone groups is 1. The number of nitrogens with two attached hydrogens (primary N) is 3. The number of esters is 1. The van der Waals surface area contributed by atoms with E-state index in [1.54, 1.807) is 30.3 Å². The molecule has 0 radical (unpaired) electrons. The zero-order valence-electron chi connectivity index (χ0n) is 27.7. The van der Waals surface area contributed by atoms with E-state index in [0.29, 0.717) is 5.56 Å². The lowest BCUT2D eigenvalue weighted by atomic mass is 9.99. The number of likely N-dealkylation sites (tertiary alicyclic amines) is 1. The summed E-state index contributed by atoms with van der Waals surface area (Å²) in [6, 6.07) is 4.40. The van der Waals surface area contributed by atoms with Crippen molar-refractivity contribution in [2.75, 3.05) is 26.5 Å². The number of hydrogen-bond acceptors (Lipinski definition) is 11. The van der Waals surface area contributed by atoms with Crippen molar-refractivity contribution in [3.63, 3.8) is 0 Å². The summed E-state index contributed by atoms with van der Waals surface area (Å²) in [5, 5.41) is 1.07. The molecule has 6 N–H and O–H groups in total. The van der Waals surface area contributed by atoms with Crippen molar-refractivity contribution in [3.05, 3.63) is 47.4 Å². The molecular weight excluding hydrogens is 630 g/mol. The number of methoxy groups -OCH3 is 1. The van der Waals surface area contributed by atoms with E-state index in [2.05, 4.69) is 0 Å². The molecule has 0 bridgehead atoms. The number of rotatable bonds is 17. The molecule has 5 atom stereocenters. The van der Waals surface area contributed by atoms with Crippen molar-refractivity contribution in [2.45, 2.75) is 89.6 Å². The van der Waals surface area contributed by atoms with E-state index in [1.165, 1.54) is 18.1 Å². The lowest BCUT2D eigenvalue weighted by molar-refractivity contribution is -0.786. The predicted octanol–water partition coefficient (Wildman–Crippen LogP) is 1.50. The summed E-state index contributed by atoms with van der Waals surface area (Å²) in [4.78, 5) is 68.7. The smallest absolute Gasteiger partial charge is 0.467 e. The molecule has 0 spiro atoms. The average Bonchev–Trinajstić information content (AvgIpc) is 3.47. The van der Waals surface area contributed by atoms with Crippen molar-refractivity contribution < 1.29 is 46.3 Å². The number of hydrogen-bond donors (Lipinski definition) is 3. The van der Waals surface area contributed by atoms with Crippen LogP contribution in [0.5, 0.6) is 0 Å². The Morgan fingerprint density at radius 3 is 2.32 bits per heavy atom. The van der Waals surface area contributed by atoms with E-state index in [-0.39, 0.29) is 70.6 Å². The Bertz CT molecular complexity index is 1390. The zero-order valence-corrected chi connectivity index (χ0v) is 28.5. The Kier molecular flexibility index (Phi) is 15.2. The number of imide groups is 1. The molecule has 1 aromatic carbocycles. The van der Waals surface area contributed by atoms with Crippen LogP contribution in [0.3, 0.4) is 0 Å². The van der Waals surface area contributed by atoms with Crippen molar-refractivity contribution in [2.24, 2.45) is 23.1 Å². The highest BCUT2D eigenvalue weighted by molar-refractivity contribution is 7.93. The van der Waals surface area contributed by atoms with Gasteiger partial charge in [-0.3, -0.25) is 9.59 Å². The molecule has 1 fully saturated rings. The summed E-state index contributed by atoms with van der Waals surface area (Å²) in [6.45, 7) is 3.34. The van der Waals surface area contributed by atoms with Crippen molar-refractivity contribution in [1.29, 1.82) is 0 Å². The highest BCUT2D eigenvalue weighted by Crippen LogP contribution is 2.33. The minimum absolute atomic E-state index is 0.0640. The van der Waals surface area contributed by atoms with E-state index in [1.807, 2.05) is 13.8 Å². The SMILES string of the molecule is COC(=O)[C@H](CC(C)C)N(CC(N)CCC=CS(C)(=O)=O)C(=O)[C@@H]1CCC[N+]1(C(=O)OCc1ccccc1)C(=O)[C@@H](N)CCC(N)=O. The first-order valence-electron chi connectivity index (χ1n) is 15.7. The zero-order chi connectivity index (χ0) is 35.4. The summed E-state index contributed by atoms with van der Waals surface area (Å²) in [7, 11) is -2.14. The highest BCUT2D eigenvalue weighted by atomic mass is 32.2. The Balaban J connectivity index is 2.56. The molecule has 1 aliphatic rings. The molecular formula is C32H50N5O9S+. The monoisotopic (exact) mass is 680 g/mol. The van der Waals surface area contributed by atoms with E-state index >= 15 is 0 Å². The topological polar surface area (TPSA) is 219 Å². The third-order valence-electron chi connectivity index (χ3n) is 8.05. The van der Waals surface area contributed by atoms with Gasteiger partial charge in [0, 0.05) is 43.5 Å². The van der Waals surface area contributed by atoms with Crippen LogP contribution in [-0.2, 0) is 45.1 Å². The van der Waals surface area contributed by atoms with E-state index < -0.39 is 68.3 Å². The van der Waals surface area contributed by atoms with Crippen LogP contribution in [0.15, 0.2) is 41.8 Å². The van der Waals surface area contributed by atoms with Gasteiger partial charge in [0.1, 0.15) is 18.7 Å². The second kappa shape index (κ2) is 18.0. The molecule has 1 saturated heterocycles. The number of nitrogens with zero attached hydrogens (tertiary/aromatic N) is 2. The first-order valence-corrected chi connectivity index (χ1v) is 17.7. The number of amides is 4. The number of carbonyl (C=O) groups excluding carboxylic acids is 5. The Morgan fingerprint density at radius 1 is 1.09 bits per heavy atom. The van der Waals surface area contributed by atoms with Gasteiger partial charge in [-0.25, -0.2) is 18.0 Å². The number of primary amides is 1. The number of benzene rings is 1. The molecule has 262 valence electrons. The first-order chi connectivity index (χ1) is 22.0. The summed E-state index contributed by atoms with van der Waals surface area (Å²) in [5.41, 5.74) is 18.6. The lowest BCUT2D eigenvalue weighted by Gasteiger charge is -2.39. The van der Waals surface area contributed by atoms with Crippen LogP contribution in [0.4, 0.5) is 4.79 Å². The van der Waals surface area contributed by atoms with E-state index in [4.69, 9.17) is 26.7 Å². The fourth-order valence-electron chi connectivity index (χ4n) is 5.74. The van der Waals surface area contributed by atoms with E-state index in [0.717, 1.165) is 11.7 Å². The fourth-order valence-corrected chi connectivity index (χ4v) is 6.22. The van der Waals surface area contributed by atoms with Crippen LogP contribution >= 0.6 is 0 Å². The lowest BCUT2D eigenvalue weighted by Crippen LogP contribution is -2.69. The Morgan fingerprint density at radius 2 is 1.74 bits per heavy atom. The fraction of sp³-hybridized carbons (Fsp3) is 0.594. The molecule has 0 aliphatic carbocycles. The van der Waals surface area contributed by atoms with Crippen LogP contribution in [0.2, 0.25) is 0 Å². The van der Waals surface area contributed by atoms with Crippen molar-refractivity contribution >= 4 is 39.6 Å². The second-order valence-electron chi connectivity index (χ2n) is 12.4. The van der Waals surface area contributed by atoms with Crippen molar-refractivity contribution in [3.8, 4) is 0 Å². The van der Waals surface area contributed by atoms with Gasteiger partial charge in [-0.1, -0.05) is 50.3 Å². The average molecular weight is 681 g/mol. The van der Waals surface area contributed by atoms with Gasteiger partial charge >= 0.3 is 18.0 Å². The molecule has 0 saturated carbocycles. The highest BCUT2D eigenvalue weighted by Gasteiger charge is 2.61.